The highest BCUT2D eigenvalue weighted by atomic mass is 35.5. The number of piperidine rings is 1. The molecule has 36 heavy (non-hydrogen) atoms. The molecule has 1 aromatic heterocycles. The molecule has 5 rings (SSSR count). The molecule has 0 aliphatic carbocycles. The van der Waals surface area contributed by atoms with Gasteiger partial charge in [-0.15, -0.1) is 12.4 Å². The van der Waals surface area contributed by atoms with Gasteiger partial charge in [0.15, 0.2) is 0 Å². The molecule has 0 saturated carbocycles. The number of aromatic nitrogens is 1. The summed E-state index contributed by atoms with van der Waals surface area (Å²) in [6.07, 6.45) is 2.49. The fraction of sp³-hybridized carbons (Fsp3) is 0.267. The van der Waals surface area contributed by atoms with Gasteiger partial charge in [-0.2, -0.15) is 0 Å². The topological polar surface area (TPSA) is 65.5 Å². The van der Waals surface area contributed by atoms with Gasteiger partial charge in [0, 0.05) is 31.2 Å². The number of hydrogen-bond acceptors (Lipinski definition) is 4. The first-order valence-electron chi connectivity index (χ1n) is 12.3. The average molecular weight is 502 g/mol. The Kier molecular flexibility index (Phi) is 8.24. The minimum absolute atomic E-state index is 0. The maximum atomic E-state index is 11.2. The van der Waals surface area contributed by atoms with Crippen LogP contribution in [0.1, 0.15) is 46.8 Å². The Morgan fingerprint density at radius 1 is 1.03 bits per heavy atom. The van der Waals surface area contributed by atoms with Gasteiger partial charge in [0.2, 0.25) is 0 Å². The van der Waals surface area contributed by atoms with Crippen molar-refractivity contribution < 1.29 is 9.90 Å². The first kappa shape index (κ1) is 25.7. The van der Waals surface area contributed by atoms with Gasteiger partial charge in [-0.25, -0.2) is 9.78 Å². The van der Waals surface area contributed by atoms with Gasteiger partial charge in [-0.05, 0) is 59.8 Å². The van der Waals surface area contributed by atoms with Crippen LogP contribution in [0.3, 0.4) is 0 Å². The molecule has 4 aromatic rings. The van der Waals surface area contributed by atoms with Crippen molar-refractivity contribution in [1.29, 1.82) is 0 Å². The third-order valence-electron chi connectivity index (χ3n) is 7.28. The molecule has 0 amide bonds. The number of carbonyl (C=O) groups is 1. The van der Waals surface area contributed by atoms with Crippen LogP contribution in [0.15, 0.2) is 91.1 Å². The van der Waals surface area contributed by atoms with Crippen LogP contribution in [-0.2, 0) is 0 Å². The highest BCUT2D eigenvalue weighted by molar-refractivity contribution is 5.87. The summed E-state index contributed by atoms with van der Waals surface area (Å²) in [5, 5.41) is 15.6. The van der Waals surface area contributed by atoms with Crippen LogP contribution in [0.4, 0.5) is 5.82 Å². The molecular formula is C30H32ClN3O2. The van der Waals surface area contributed by atoms with E-state index < -0.39 is 5.97 Å². The fourth-order valence-corrected chi connectivity index (χ4v) is 5.30. The lowest BCUT2D eigenvalue weighted by Gasteiger charge is -2.40. The quantitative estimate of drug-likeness (QED) is 0.310. The molecule has 3 atom stereocenters. The van der Waals surface area contributed by atoms with Gasteiger partial charge in [0.05, 0.1) is 5.56 Å². The van der Waals surface area contributed by atoms with Crippen LogP contribution in [-0.4, -0.2) is 35.7 Å². The van der Waals surface area contributed by atoms with Gasteiger partial charge in [0.25, 0.3) is 0 Å². The number of rotatable bonds is 7. The molecule has 1 aliphatic rings. The van der Waals surface area contributed by atoms with Gasteiger partial charge < -0.3 is 15.3 Å². The van der Waals surface area contributed by atoms with Gasteiger partial charge in [-0.1, -0.05) is 72.8 Å². The van der Waals surface area contributed by atoms with Crippen molar-refractivity contribution in [3.63, 3.8) is 0 Å². The number of halogens is 1. The molecule has 186 valence electrons. The number of anilines is 1. The van der Waals surface area contributed by atoms with Crippen molar-refractivity contribution >= 4 is 35.0 Å². The SMILES string of the molecule is C[C@@H](NCC1CCN(c2ccc(C(=O)O)cn2)CC1c1ccccc1)c1cccc2ccccc12.Cl. The largest absolute Gasteiger partial charge is 0.478 e. The van der Waals surface area contributed by atoms with E-state index in [0.717, 1.165) is 31.9 Å². The van der Waals surface area contributed by atoms with Crippen molar-refractivity contribution in [1.82, 2.24) is 10.3 Å². The highest BCUT2D eigenvalue weighted by Gasteiger charge is 2.31. The smallest absolute Gasteiger partial charge is 0.337 e. The van der Waals surface area contributed by atoms with Gasteiger partial charge in [-0.3, -0.25) is 0 Å². The summed E-state index contributed by atoms with van der Waals surface area (Å²) in [6, 6.07) is 29.5. The van der Waals surface area contributed by atoms with E-state index in [1.807, 2.05) is 6.07 Å². The zero-order valence-corrected chi connectivity index (χ0v) is 21.2. The van der Waals surface area contributed by atoms with E-state index in [4.69, 9.17) is 0 Å². The maximum Gasteiger partial charge on any atom is 0.337 e. The molecule has 5 nitrogen and oxygen atoms in total. The maximum absolute atomic E-state index is 11.2. The fourth-order valence-electron chi connectivity index (χ4n) is 5.30. The van der Waals surface area contributed by atoms with Crippen LogP contribution in [0, 0.1) is 5.92 Å². The summed E-state index contributed by atoms with van der Waals surface area (Å²) in [6.45, 7) is 4.95. The molecule has 2 unspecified atom stereocenters. The van der Waals surface area contributed by atoms with Crippen molar-refractivity contribution in [2.45, 2.75) is 25.3 Å². The molecule has 2 N–H and O–H groups in total. The number of nitrogens with one attached hydrogen (secondary N) is 1. The zero-order chi connectivity index (χ0) is 24.2. The van der Waals surface area contributed by atoms with Crippen LogP contribution < -0.4 is 10.2 Å². The van der Waals surface area contributed by atoms with Gasteiger partial charge in [0.1, 0.15) is 5.82 Å². The summed E-state index contributed by atoms with van der Waals surface area (Å²) in [5.74, 6) is 0.741. The van der Waals surface area contributed by atoms with E-state index in [2.05, 4.69) is 94.9 Å². The third-order valence-corrected chi connectivity index (χ3v) is 7.28. The third kappa shape index (κ3) is 5.53. The Hall–Kier alpha value is -3.41. The van der Waals surface area contributed by atoms with Crippen LogP contribution in [0.5, 0.6) is 0 Å². The number of benzene rings is 3. The Bertz CT molecular complexity index is 1290. The normalized spacial score (nSPS) is 18.4. The number of aromatic carboxylic acids is 1. The van der Waals surface area contributed by atoms with E-state index in [-0.39, 0.29) is 24.0 Å². The first-order valence-corrected chi connectivity index (χ1v) is 12.3. The summed E-state index contributed by atoms with van der Waals surface area (Å²) < 4.78 is 0. The standard InChI is InChI=1S/C30H31N3O2.ClH/c1-21(26-13-7-11-22-10-5-6-12-27(22)26)31-18-24-16-17-33(20-28(24)23-8-3-2-4-9-23)29-15-14-25(19-32-29)30(34)35;/h2-15,19,21,24,28,31H,16-18,20H2,1H3,(H,34,35);1H/t21-,24?,28?;/m1./s1. The zero-order valence-electron chi connectivity index (χ0n) is 20.4. The summed E-state index contributed by atoms with van der Waals surface area (Å²) >= 11 is 0. The van der Waals surface area contributed by atoms with E-state index >= 15 is 0 Å². The highest BCUT2D eigenvalue weighted by Crippen LogP contribution is 2.34. The first-order chi connectivity index (χ1) is 17.1. The number of carboxylic acids is 1. The molecule has 0 radical (unpaired) electrons. The summed E-state index contributed by atoms with van der Waals surface area (Å²) in [7, 11) is 0. The van der Waals surface area contributed by atoms with Crippen LogP contribution >= 0.6 is 12.4 Å². The minimum atomic E-state index is -0.948. The lowest BCUT2D eigenvalue weighted by Crippen LogP contribution is -2.43. The summed E-state index contributed by atoms with van der Waals surface area (Å²) in [4.78, 5) is 17.9. The predicted octanol–water partition coefficient (Wildman–Crippen LogP) is 6.32. The second-order valence-corrected chi connectivity index (χ2v) is 9.42. The number of nitrogens with zero attached hydrogens (tertiary/aromatic N) is 2. The molecule has 1 aliphatic heterocycles. The molecular weight excluding hydrogens is 470 g/mol. The van der Waals surface area contributed by atoms with Crippen LogP contribution in [0.25, 0.3) is 10.8 Å². The number of carboxylic acid groups (broad SMARTS) is 1. The molecule has 0 bridgehead atoms. The molecule has 0 spiro atoms. The average Bonchev–Trinajstić information content (AvgIpc) is 2.92. The Labute approximate surface area is 218 Å². The monoisotopic (exact) mass is 501 g/mol. The molecule has 2 heterocycles. The van der Waals surface area contributed by atoms with E-state index in [9.17, 15) is 9.90 Å². The summed E-state index contributed by atoms with van der Waals surface area (Å²) in [5.41, 5.74) is 2.89. The van der Waals surface area contributed by atoms with E-state index in [1.54, 1.807) is 6.07 Å². The second-order valence-electron chi connectivity index (χ2n) is 9.42. The molecule has 1 saturated heterocycles. The second kappa shape index (κ2) is 11.5. The number of pyridine rings is 1. The number of fused-ring (bicyclic) bond motifs is 1. The Morgan fingerprint density at radius 2 is 1.78 bits per heavy atom. The Balaban J connectivity index is 0.00000304. The molecule has 1 fully saturated rings. The lowest BCUT2D eigenvalue weighted by atomic mass is 9.80. The van der Waals surface area contributed by atoms with Crippen molar-refractivity contribution in [2.75, 3.05) is 24.5 Å². The predicted molar refractivity (Wildman–Crippen MR) is 148 cm³/mol. The Morgan fingerprint density at radius 3 is 2.53 bits per heavy atom. The molecule has 6 heteroatoms. The molecule has 3 aromatic carbocycles. The lowest BCUT2D eigenvalue weighted by molar-refractivity contribution is 0.0696. The number of hydrogen-bond donors (Lipinski definition) is 2. The van der Waals surface area contributed by atoms with E-state index in [1.165, 1.54) is 28.1 Å². The van der Waals surface area contributed by atoms with Gasteiger partial charge >= 0.3 is 5.97 Å². The van der Waals surface area contributed by atoms with Crippen LogP contribution in [0.2, 0.25) is 0 Å². The minimum Gasteiger partial charge on any atom is -0.478 e. The van der Waals surface area contributed by atoms with Crippen molar-refractivity contribution in [3.05, 3.63) is 108 Å². The van der Waals surface area contributed by atoms with Crippen molar-refractivity contribution in [2.24, 2.45) is 5.92 Å². The van der Waals surface area contributed by atoms with Crippen molar-refractivity contribution in [3.8, 4) is 0 Å². The van der Waals surface area contributed by atoms with E-state index in [0.29, 0.717) is 11.8 Å².